The number of hydrogen-bond acceptors (Lipinski definition) is 5. The van der Waals surface area contributed by atoms with Gasteiger partial charge in [-0.05, 0) is 40.5 Å². The molecule has 0 spiro atoms. The van der Waals surface area contributed by atoms with E-state index in [9.17, 15) is 9.50 Å². The summed E-state index contributed by atoms with van der Waals surface area (Å²) in [6.07, 6.45) is 0.157. The summed E-state index contributed by atoms with van der Waals surface area (Å²) >= 11 is 3.27. The summed E-state index contributed by atoms with van der Waals surface area (Å²) in [6.45, 7) is 0.516. The highest BCUT2D eigenvalue weighted by Gasteiger charge is 2.28. The van der Waals surface area contributed by atoms with Crippen molar-refractivity contribution in [2.75, 3.05) is 6.54 Å². The Morgan fingerprint density at radius 2 is 2.32 bits per heavy atom. The highest BCUT2D eigenvalue weighted by atomic mass is 79.9. The number of benzene rings is 1. The summed E-state index contributed by atoms with van der Waals surface area (Å²) in [5, 5.41) is 16.4. The first kappa shape index (κ1) is 12.7. The molecule has 7 heteroatoms. The molecule has 5 nitrogen and oxygen atoms in total. The molecule has 100 valence electrons. The fraction of sp³-hybridized carbons (Fsp3) is 0.333. The summed E-state index contributed by atoms with van der Waals surface area (Å²) in [5.41, 5.74) is 0.662. The van der Waals surface area contributed by atoms with Crippen molar-refractivity contribution >= 4 is 15.9 Å². The molecule has 19 heavy (non-hydrogen) atoms. The maximum absolute atomic E-state index is 13.0. The van der Waals surface area contributed by atoms with E-state index in [-0.39, 0.29) is 11.9 Å². The second kappa shape index (κ2) is 4.99. The van der Waals surface area contributed by atoms with E-state index >= 15 is 0 Å². The lowest BCUT2D eigenvalue weighted by molar-refractivity contribution is 0.191. The van der Waals surface area contributed by atoms with Crippen LogP contribution in [0.15, 0.2) is 27.2 Å². The third kappa shape index (κ3) is 2.54. The van der Waals surface area contributed by atoms with Crippen LogP contribution in [0, 0.1) is 5.82 Å². The normalized spacial score (nSPS) is 22.9. The molecule has 1 aliphatic heterocycles. The van der Waals surface area contributed by atoms with Gasteiger partial charge in [0.1, 0.15) is 5.82 Å². The van der Waals surface area contributed by atoms with E-state index in [1.54, 1.807) is 6.07 Å². The van der Waals surface area contributed by atoms with Gasteiger partial charge < -0.3 is 14.9 Å². The van der Waals surface area contributed by atoms with Gasteiger partial charge >= 0.3 is 0 Å². The molecule has 2 heterocycles. The van der Waals surface area contributed by atoms with Crippen molar-refractivity contribution in [2.45, 2.75) is 18.6 Å². The molecule has 0 unspecified atom stereocenters. The minimum Gasteiger partial charge on any atom is -0.392 e. The summed E-state index contributed by atoms with van der Waals surface area (Å²) < 4.78 is 18.8. The van der Waals surface area contributed by atoms with Crippen molar-refractivity contribution in [3.63, 3.8) is 0 Å². The van der Waals surface area contributed by atoms with Crippen LogP contribution in [0.5, 0.6) is 0 Å². The van der Waals surface area contributed by atoms with Crippen LogP contribution in [0.3, 0.4) is 0 Å². The molecule has 0 saturated carbocycles. The van der Waals surface area contributed by atoms with Crippen LogP contribution in [0.25, 0.3) is 11.4 Å². The standard InChI is InChI=1S/C12H11BrFN3O2/c13-9-3-6(14)1-2-8(9)11-16-12(19-17-11)10-4-7(18)5-15-10/h1-3,7,10,15,18H,4-5H2/t7-,10-/m1/s1. The van der Waals surface area contributed by atoms with Crippen molar-refractivity contribution in [3.05, 3.63) is 34.4 Å². The van der Waals surface area contributed by atoms with E-state index in [1.165, 1.54) is 12.1 Å². The predicted molar refractivity (Wildman–Crippen MR) is 68.8 cm³/mol. The molecule has 2 atom stereocenters. The van der Waals surface area contributed by atoms with Crippen molar-refractivity contribution in [1.82, 2.24) is 15.5 Å². The maximum Gasteiger partial charge on any atom is 0.244 e. The van der Waals surface area contributed by atoms with E-state index in [4.69, 9.17) is 4.52 Å². The van der Waals surface area contributed by atoms with Crippen LogP contribution in [0.2, 0.25) is 0 Å². The monoisotopic (exact) mass is 327 g/mol. The first-order valence-corrected chi connectivity index (χ1v) is 6.63. The average Bonchev–Trinajstić information content (AvgIpc) is 2.97. The lowest BCUT2D eigenvalue weighted by Crippen LogP contribution is -2.15. The Bertz CT molecular complexity index is 604. The molecule has 1 saturated heterocycles. The minimum absolute atomic E-state index is 0.129. The average molecular weight is 328 g/mol. The van der Waals surface area contributed by atoms with Gasteiger partial charge in [-0.3, -0.25) is 0 Å². The second-order valence-corrected chi connectivity index (χ2v) is 5.29. The van der Waals surface area contributed by atoms with Gasteiger partial charge in [0, 0.05) is 16.6 Å². The topological polar surface area (TPSA) is 71.2 Å². The first-order valence-electron chi connectivity index (χ1n) is 5.84. The molecule has 2 aromatic rings. The molecule has 0 amide bonds. The van der Waals surface area contributed by atoms with Gasteiger partial charge in [-0.25, -0.2) is 4.39 Å². The van der Waals surface area contributed by atoms with Crippen molar-refractivity contribution in [3.8, 4) is 11.4 Å². The van der Waals surface area contributed by atoms with Gasteiger partial charge in [-0.2, -0.15) is 4.98 Å². The number of aliphatic hydroxyl groups excluding tert-OH is 1. The Kier molecular flexibility index (Phi) is 3.34. The largest absolute Gasteiger partial charge is 0.392 e. The van der Waals surface area contributed by atoms with Crippen LogP contribution >= 0.6 is 15.9 Å². The van der Waals surface area contributed by atoms with Gasteiger partial charge in [0.05, 0.1) is 12.1 Å². The summed E-state index contributed by atoms with van der Waals surface area (Å²) in [6, 6.07) is 4.15. The summed E-state index contributed by atoms with van der Waals surface area (Å²) in [7, 11) is 0. The number of β-amino-alcohol motifs (C(OH)–C–C–N with tert-alkyl or cyclic N) is 1. The molecule has 0 aliphatic carbocycles. The van der Waals surface area contributed by atoms with E-state index in [1.807, 2.05) is 0 Å². The van der Waals surface area contributed by atoms with Crippen molar-refractivity contribution in [2.24, 2.45) is 0 Å². The molecular formula is C12H11BrFN3O2. The predicted octanol–water partition coefficient (Wildman–Crippen LogP) is 2.03. The Labute approximate surface area is 117 Å². The quantitative estimate of drug-likeness (QED) is 0.883. The van der Waals surface area contributed by atoms with E-state index in [2.05, 4.69) is 31.4 Å². The number of aromatic nitrogens is 2. The lowest BCUT2D eigenvalue weighted by Gasteiger charge is -2.02. The van der Waals surface area contributed by atoms with Crippen molar-refractivity contribution < 1.29 is 14.0 Å². The smallest absolute Gasteiger partial charge is 0.244 e. The number of aliphatic hydroxyl groups is 1. The second-order valence-electron chi connectivity index (χ2n) is 4.43. The van der Waals surface area contributed by atoms with Crippen LogP contribution in [-0.4, -0.2) is 27.9 Å². The van der Waals surface area contributed by atoms with Crippen LogP contribution < -0.4 is 5.32 Å². The number of hydrogen-bond donors (Lipinski definition) is 2. The molecule has 1 aromatic carbocycles. The number of halogens is 2. The third-order valence-electron chi connectivity index (χ3n) is 3.02. The van der Waals surface area contributed by atoms with Crippen molar-refractivity contribution in [1.29, 1.82) is 0 Å². The fourth-order valence-electron chi connectivity index (χ4n) is 2.06. The van der Waals surface area contributed by atoms with Gasteiger partial charge in [0.2, 0.25) is 11.7 Å². The number of nitrogens with one attached hydrogen (secondary N) is 1. The molecule has 1 aliphatic rings. The molecule has 1 fully saturated rings. The number of nitrogens with zero attached hydrogens (tertiary/aromatic N) is 2. The zero-order valence-electron chi connectivity index (χ0n) is 9.81. The lowest BCUT2D eigenvalue weighted by atomic mass is 10.2. The Balaban J connectivity index is 1.88. The van der Waals surface area contributed by atoms with Crippen LogP contribution in [-0.2, 0) is 0 Å². The van der Waals surface area contributed by atoms with Gasteiger partial charge in [0.25, 0.3) is 0 Å². The van der Waals surface area contributed by atoms with Gasteiger partial charge in [0.15, 0.2) is 0 Å². The zero-order chi connectivity index (χ0) is 13.4. The van der Waals surface area contributed by atoms with E-state index in [0.717, 1.165) is 0 Å². The Morgan fingerprint density at radius 1 is 1.47 bits per heavy atom. The van der Waals surface area contributed by atoms with E-state index in [0.29, 0.717) is 34.7 Å². The molecule has 0 bridgehead atoms. The third-order valence-corrected chi connectivity index (χ3v) is 3.68. The maximum atomic E-state index is 13.0. The Morgan fingerprint density at radius 3 is 3.00 bits per heavy atom. The number of rotatable bonds is 2. The Hall–Kier alpha value is -1.31. The van der Waals surface area contributed by atoms with Gasteiger partial charge in [-0.1, -0.05) is 5.16 Å². The minimum atomic E-state index is -0.391. The molecular weight excluding hydrogens is 317 g/mol. The van der Waals surface area contributed by atoms with Crippen LogP contribution in [0.4, 0.5) is 4.39 Å². The molecule has 3 rings (SSSR count). The van der Waals surface area contributed by atoms with Gasteiger partial charge in [-0.15, -0.1) is 0 Å². The zero-order valence-corrected chi connectivity index (χ0v) is 11.4. The molecule has 1 aromatic heterocycles. The summed E-state index contributed by atoms with van der Waals surface area (Å²) in [4.78, 5) is 4.28. The highest BCUT2D eigenvalue weighted by Crippen LogP contribution is 2.29. The first-order chi connectivity index (χ1) is 9.13. The summed E-state index contributed by atoms with van der Waals surface area (Å²) in [5.74, 6) is 0.493. The van der Waals surface area contributed by atoms with Crippen LogP contribution in [0.1, 0.15) is 18.4 Å². The molecule has 2 N–H and O–H groups in total. The highest BCUT2D eigenvalue weighted by molar-refractivity contribution is 9.10. The fourth-order valence-corrected chi connectivity index (χ4v) is 2.59. The molecule has 0 radical (unpaired) electrons. The SMILES string of the molecule is O[C@H]1CN[C@@H](c2nc(-c3ccc(F)cc3Br)no2)C1. The van der Waals surface area contributed by atoms with E-state index < -0.39 is 6.10 Å².